The molecule has 5 N–H and O–H groups in total. The van der Waals surface area contributed by atoms with E-state index in [1.165, 1.54) is 11.2 Å². The first kappa shape index (κ1) is 39.1. The van der Waals surface area contributed by atoms with Crippen molar-refractivity contribution >= 4 is 35.5 Å². The molecule has 264 valence electrons. The fraction of sp³-hybridized carbons (Fsp3) is 0.677. The Morgan fingerprint density at radius 1 is 1.04 bits per heavy atom. The highest BCUT2D eigenvalue weighted by Crippen LogP contribution is 2.33. The quantitative estimate of drug-likeness (QED) is 0.171. The molecule has 0 radical (unpaired) electrons. The predicted octanol–water partition coefficient (Wildman–Crippen LogP) is 2.82. The van der Waals surface area contributed by atoms with Gasteiger partial charge in [-0.3, -0.25) is 19.2 Å². The van der Waals surface area contributed by atoms with Gasteiger partial charge in [-0.05, 0) is 48.1 Å². The maximum atomic E-state index is 14.1. The highest BCUT2D eigenvalue weighted by atomic mass is 19.4. The molecule has 2 heterocycles. The molecular weight excluding hydrogens is 627 g/mol. The predicted molar refractivity (Wildman–Crippen MR) is 162 cm³/mol. The fourth-order valence-corrected chi connectivity index (χ4v) is 5.36. The molecule has 16 heteroatoms. The number of Topliss-reactive ketones (excluding diaryl/α,β-unsaturated/α-hetero) is 1. The van der Waals surface area contributed by atoms with Gasteiger partial charge in [0, 0.05) is 13.0 Å². The average molecular weight is 674 g/mol. The number of urea groups is 1. The van der Waals surface area contributed by atoms with Gasteiger partial charge in [0.15, 0.2) is 0 Å². The minimum absolute atomic E-state index is 0.0698. The van der Waals surface area contributed by atoms with Crippen LogP contribution in [0.25, 0.3) is 0 Å². The third-order valence-corrected chi connectivity index (χ3v) is 7.98. The minimum Gasteiger partial charge on any atom is -0.466 e. The lowest BCUT2D eigenvalue weighted by molar-refractivity contribution is -0.149. The topological polar surface area (TPSA) is 190 Å². The van der Waals surface area contributed by atoms with Crippen molar-refractivity contribution < 1.29 is 51.1 Å². The molecule has 5 amide bonds. The van der Waals surface area contributed by atoms with Gasteiger partial charge in [-0.1, -0.05) is 48.5 Å². The van der Waals surface area contributed by atoms with E-state index in [1.807, 2.05) is 0 Å². The number of alkyl halides is 3. The van der Waals surface area contributed by atoms with E-state index < -0.39 is 95.9 Å². The second-order valence-corrected chi connectivity index (χ2v) is 13.4. The van der Waals surface area contributed by atoms with Crippen molar-refractivity contribution in [1.29, 1.82) is 0 Å². The summed E-state index contributed by atoms with van der Waals surface area (Å²) in [5.74, 6) is -5.86. The van der Waals surface area contributed by atoms with Crippen LogP contribution >= 0.6 is 0 Å². The number of ether oxygens (including phenoxy) is 1. The van der Waals surface area contributed by atoms with Gasteiger partial charge in [0.05, 0.1) is 12.3 Å². The van der Waals surface area contributed by atoms with Crippen molar-refractivity contribution in [3.05, 3.63) is 24.2 Å². The van der Waals surface area contributed by atoms with Crippen molar-refractivity contribution in [2.24, 2.45) is 28.9 Å². The highest BCUT2D eigenvalue weighted by Gasteiger charge is 2.48. The number of halogens is 3. The maximum absolute atomic E-state index is 14.1. The monoisotopic (exact) mass is 673 g/mol. The van der Waals surface area contributed by atoms with Crippen LogP contribution in [0.2, 0.25) is 0 Å². The zero-order valence-electron chi connectivity index (χ0n) is 27.7. The van der Waals surface area contributed by atoms with E-state index in [9.17, 15) is 41.9 Å². The molecule has 0 aromatic carbocycles. The Hall–Kier alpha value is -4.11. The minimum atomic E-state index is -4.67. The van der Waals surface area contributed by atoms with Crippen LogP contribution in [0.15, 0.2) is 22.8 Å². The van der Waals surface area contributed by atoms with Crippen molar-refractivity contribution in [2.45, 2.75) is 105 Å². The number of nitrogens with one attached hydrogen (secondary N) is 3. The molecule has 0 spiro atoms. The van der Waals surface area contributed by atoms with E-state index in [4.69, 9.17) is 14.9 Å². The molecule has 0 saturated carbocycles. The van der Waals surface area contributed by atoms with E-state index >= 15 is 0 Å². The average Bonchev–Trinajstić information content (AvgIpc) is 3.64. The summed E-state index contributed by atoms with van der Waals surface area (Å²) in [5.41, 5.74) is 4.12. The van der Waals surface area contributed by atoms with Crippen LogP contribution in [0.3, 0.4) is 0 Å². The van der Waals surface area contributed by atoms with Gasteiger partial charge in [-0.2, -0.15) is 13.2 Å². The van der Waals surface area contributed by atoms with Crippen LogP contribution in [0.1, 0.15) is 73.5 Å². The second-order valence-electron chi connectivity index (χ2n) is 13.4. The summed E-state index contributed by atoms with van der Waals surface area (Å²) in [5, 5.41) is 7.40. The lowest BCUT2D eigenvalue weighted by atomic mass is 9.84. The van der Waals surface area contributed by atoms with Crippen LogP contribution in [0.5, 0.6) is 0 Å². The number of carbonyl (C=O) groups is 6. The number of hydrogen-bond acceptors (Lipinski definition) is 8. The second kappa shape index (κ2) is 16.1. The van der Waals surface area contributed by atoms with Crippen LogP contribution in [0.4, 0.5) is 18.0 Å². The van der Waals surface area contributed by atoms with Gasteiger partial charge in [-0.15, -0.1) is 0 Å². The number of nitrogens with zero attached hydrogens (tertiary/aromatic N) is 1. The Balaban J connectivity index is 2.29. The zero-order valence-corrected chi connectivity index (χ0v) is 27.7. The molecule has 1 fully saturated rings. The van der Waals surface area contributed by atoms with Gasteiger partial charge >= 0.3 is 18.2 Å². The van der Waals surface area contributed by atoms with E-state index in [-0.39, 0.29) is 19.1 Å². The number of amides is 5. The zero-order chi connectivity index (χ0) is 35.9. The smallest absolute Gasteiger partial charge is 0.389 e. The molecule has 1 aromatic heterocycles. The number of furan rings is 1. The standard InChI is InChI=1S/C31H46F3N5O8/c1-16(2)19-11-13-39(22(19)26(42)36-20(23(40)25(35)41)10-12-31(32,33)34)27(43)24(30(5,6)7)38-29(45)37-21(17(3)4)28(44)47-15-18-9-8-14-46-18/h8-9,14,16-17,19-22,24H,10-13,15H2,1-7H3,(H2,35,41)(H,36,42)(H2,37,38,45)/t19-,20?,21+,22+,24-/m1/s1. The van der Waals surface area contributed by atoms with Crippen molar-refractivity contribution in [1.82, 2.24) is 20.9 Å². The Morgan fingerprint density at radius 2 is 1.68 bits per heavy atom. The number of nitrogens with two attached hydrogens (primary N) is 1. The molecule has 0 aliphatic carbocycles. The lowest BCUT2D eigenvalue weighted by Crippen LogP contribution is -2.62. The third kappa shape index (κ3) is 11.3. The van der Waals surface area contributed by atoms with Gasteiger partial charge in [-0.25, -0.2) is 9.59 Å². The van der Waals surface area contributed by atoms with Crippen molar-refractivity contribution in [3.63, 3.8) is 0 Å². The van der Waals surface area contributed by atoms with Crippen LogP contribution in [0, 0.1) is 23.2 Å². The third-order valence-electron chi connectivity index (χ3n) is 7.98. The van der Waals surface area contributed by atoms with Crippen LogP contribution in [-0.4, -0.2) is 77.3 Å². The Bertz CT molecular complexity index is 1280. The molecule has 0 bridgehead atoms. The Morgan fingerprint density at radius 3 is 2.17 bits per heavy atom. The Kier molecular flexibility index (Phi) is 13.4. The van der Waals surface area contributed by atoms with Gasteiger partial charge in [0.25, 0.3) is 5.91 Å². The summed E-state index contributed by atoms with van der Waals surface area (Å²) in [4.78, 5) is 78.9. The Labute approximate surface area is 271 Å². The van der Waals surface area contributed by atoms with E-state index in [0.717, 1.165) is 0 Å². The van der Waals surface area contributed by atoms with Crippen LogP contribution in [-0.2, 0) is 35.3 Å². The number of esters is 1. The number of hydrogen-bond donors (Lipinski definition) is 4. The SMILES string of the molecule is CC(C)[C@H](NC(=O)N[C@H](C(=O)N1CC[C@H](C(C)C)[C@H]1C(=O)NC(CCC(F)(F)F)C(=O)C(N)=O)C(C)(C)C)C(=O)OCc1ccco1. The lowest BCUT2D eigenvalue weighted by Gasteiger charge is -2.37. The summed E-state index contributed by atoms with van der Waals surface area (Å²) in [6, 6.07) is -3.01. The molecule has 13 nitrogen and oxygen atoms in total. The number of carbonyl (C=O) groups excluding carboxylic acids is 6. The molecule has 1 saturated heterocycles. The van der Waals surface area contributed by atoms with E-state index in [0.29, 0.717) is 12.2 Å². The first-order valence-electron chi connectivity index (χ1n) is 15.4. The van der Waals surface area contributed by atoms with Gasteiger partial charge in [0.1, 0.15) is 30.5 Å². The summed E-state index contributed by atoms with van der Waals surface area (Å²) >= 11 is 0. The first-order chi connectivity index (χ1) is 21.6. The molecule has 1 aromatic rings. The summed E-state index contributed by atoms with van der Waals surface area (Å²) < 4.78 is 49.3. The van der Waals surface area contributed by atoms with Crippen LogP contribution < -0.4 is 21.7 Å². The number of primary amides is 1. The van der Waals surface area contributed by atoms with E-state index in [1.54, 1.807) is 60.6 Å². The summed E-state index contributed by atoms with van der Waals surface area (Å²) in [7, 11) is 0. The summed E-state index contributed by atoms with van der Waals surface area (Å²) in [6.07, 6.45) is -5.29. The van der Waals surface area contributed by atoms with E-state index in [2.05, 4.69) is 16.0 Å². The largest absolute Gasteiger partial charge is 0.466 e. The molecule has 1 unspecified atom stereocenters. The maximum Gasteiger partial charge on any atom is 0.389 e. The molecule has 47 heavy (non-hydrogen) atoms. The number of rotatable bonds is 14. The van der Waals surface area contributed by atoms with Crippen molar-refractivity contribution in [3.8, 4) is 0 Å². The normalized spacial score (nSPS) is 18.8. The molecule has 5 atom stereocenters. The summed E-state index contributed by atoms with van der Waals surface area (Å²) in [6.45, 7) is 11.9. The number of likely N-dealkylation sites (tertiary alicyclic amines) is 1. The number of ketones is 1. The van der Waals surface area contributed by atoms with Gasteiger partial charge < -0.3 is 35.7 Å². The molecule has 2 rings (SSSR count). The first-order valence-corrected chi connectivity index (χ1v) is 15.4. The van der Waals surface area contributed by atoms with Gasteiger partial charge in [0.2, 0.25) is 17.6 Å². The molecular formula is C31H46F3N5O8. The molecule has 1 aliphatic heterocycles. The van der Waals surface area contributed by atoms with Crippen molar-refractivity contribution in [2.75, 3.05) is 6.54 Å². The molecule has 1 aliphatic rings. The fourth-order valence-electron chi connectivity index (χ4n) is 5.36. The highest BCUT2D eigenvalue weighted by molar-refractivity contribution is 6.37.